The van der Waals surface area contributed by atoms with Crippen molar-refractivity contribution in [3.8, 4) is 0 Å². The third-order valence-corrected chi connectivity index (χ3v) is 3.27. The summed E-state index contributed by atoms with van der Waals surface area (Å²) < 4.78 is 6.80. The molecule has 0 saturated carbocycles. The highest BCUT2D eigenvalue weighted by molar-refractivity contribution is 9.10. The molecule has 0 radical (unpaired) electrons. The van der Waals surface area contributed by atoms with Crippen LogP contribution in [0.25, 0.3) is 0 Å². The summed E-state index contributed by atoms with van der Waals surface area (Å²) in [4.78, 5) is 0. The molecule has 0 spiro atoms. The predicted molar refractivity (Wildman–Crippen MR) is 69.2 cm³/mol. The van der Waals surface area contributed by atoms with Gasteiger partial charge >= 0.3 is 0 Å². The van der Waals surface area contributed by atoms with E-state index in [1.54, 1.807) is 0 Å². The molecule has 1 aromatic rings. The van der Waals surface area contributed by atoms with Crippen LogP contribution >= 0.6 is 15.9 Å². The van der Waals surface area contributed by atoms with Crippen molar-refractivity contribution >= 4 is 15.9 Å². The molecule has 1 N–H and O–H groups in total. The molecule has 1 aliphatic rings. The first-order valence-corrected chi connectivity index (χ1v) is 6.36. The molecule has 1 heterocycles. The molecule has 0 fully saturated rings. The van der Waals surface area contributed by atoms with Crippen LogP contribution in [-0.2, 0) is 4.74 Å². The van der Waals surface area contributed by atoms with Gasteiger partial charge in [-0.2, -0.15) is 0 Å². The highest BCUT2D eigenvalue weighted by Crippen LogP contribution is 2.26. The highest BCUT2D eigenvalue weighted by atomic mass is 79.9. The number of halogens is 1. The fourth-order valence-corrected chi connectivity index (χ4v) is 2.17. The average molecular weight is 282 g/mol. The first kappa shape index (κ1) is 11.7. The van der Waals surface area contributed by atoms with Gasteiger partial charge in [-0.3, -0.25) is 0 Å². The number of nitrogens with one attached hydrogen (secondary N) is 1. The van der Waals surface area contributed by atoms with Gasteiger partial charge in [-0.1, -0.05) is 28.1 Å². The summed E-state index contributed by atoms with van der Waals surface area (Å²) in [6, 6.07) is 8.52. The van der Waals surface area contributed by atoms with Crippen LogP contribution in [0.2, 0.25) is 0 Å². The van der Waals surface area contributed by atoms with Gasteiger partial charge in [0.15, 0.2) is 0 Å². The van der Waals surface area contributed by atoms with E-state index in [9.17, 15) is 0 Å². The van der Waals surface area contributed by atoms with Crippen LogP contribution in [0.15, 0.2) is 40.6 Å². The molecule has 1 aromatic carbocycles. The summed E-state index contributed by atoms with van der Waals surface area (Å²) in [6.07, 6.45) is 4.43. The zero-order chi connectivity index (χ0) is 11.4. The smallest absolute Gasteiger partial charge is 0.113 e. The van der Waals surface area contributed by atoms with Crippen LogP contribution in [0.3, 0.4) is 0 Å². The highest BCUT2D eigenvalue weighted by Gasteiger charge is 2.17. The van der Waals surface area contributed by atoms with Crippen LogP contribution in [0.4, 0.5) is 0 Å². The number of hydrogen-bond donors (Lipinski definition) is 1. The predicted octanol–water partition coefficient (Wildman–Crippen LogP) is 3.40. The van der Waals surface area contributed by atoms with Gasteiger partial charge in [0.25, 0.3) is 0 Å². The van der Waals surface area contributed by atoms with Gasteiger partial charge in [-0.05, 0) is 43.7 Å². The molecule has 1 aliphatic heterocycles. The molecule has 2 nitrogen and oxygen atoms in total. The molecule has 0 saturated heterocycles. The van der Waals surface area contributed by atoms with E-state index in [1.807, 2.05) is 7.05 Å². The van der Waals surface area contributed by atoms with Crippen LogP contribution in [-0.4, -0.2) is 13.7 Å². The van der Waals surface area contributed by atoms with E-state index < -0.39 is 0 Å². The SMILES string of the molecule is CNC(C1=CCCCO1)c1ccc(Br)cc1. The van der Waals surface area contributed by atoms with Gasteiger partial charge in [-0.25, -0.2) is 0 Å². The summed E-state index contributed by atoms with van der Waals surface area (Å²) in [5, 5.41) is 3.30. The third-order valence-electron chi connectivity index (χ3n) is 2.74. The minimum atomic E-state index is 0.174. The Bertz CT molecular complexity index is 372. The summed E-state index contributed by atoms with van der Waals surface area (Å²) in [5.74, 6) is 1.05. The molecule has 2 rings (SSSR count). The van der Waals surface area contributed by atoms with Crippen LogP contribution < -0.4 is 5.32 Å². The number of allylic oxidation sites excluding steroid dienone is 1. The van der Waals surface area contributed by atoms with E-state index in [0.717, 1.165) is 29.7 Å². The van der Waals surface area contributed by atoms with Gasteiger partial charge in [0.2, 0.25) is 0 Å². The lowest BCUT2D eigenvalue weighted by atomic mass is 10.0. The molecule has 0 bridgehead atoms. The Kier molecular flexibility index (Phi) is 4.02. The first-order chi connectivity index (χ1) is 7.81. The Morgan fingerprint density at radius 1 is 1.31 bits per heavy atom. The van der Waals surface area contributed by atoms with Crippen molar-refractivity contribution in [2.45, 2.75) is 18.9 Å². The van der Waals surface area contributed by atoms with E-state index >= 15 is 0 Å². The second-order valence-corrected chi connectivity index (χ2v) is 4.79. The van der Waals surface area contributed by atoms with E-state index in [-0.39, 0.29) is 6.04 Å². The van der Waals surface area contributed by atoms with E-state index in [0.29, 0.717) is 0 Å². The van der Waals surface area contributed by atoms with Crippen molar-refractivity contribution in [2.75, 3.05) is 13.7 Å². The Hall–Kier alpha value is -0.800. The maximum Gasteiger partial charge on any atom is 0.113 e. The topological polar surface area (TPSA) is 21.3 Å². The van der Waals surface area contributed by atoms with Crippen molar-refractivity contribution in [1.29, 1.82) is 0 Å². The number of hydrogen-bond acceptors (Lipinski definition) is 2. The van der Waals surface area contributed by atoms with Crippen molar-refractivity contribution in [3.63, 3.8) is 0 Å². The summed E-state index contributed by atoms with van der Waals surface area (Å²) in [6.45, 7) is 0.834. The minimum absolute atomic E-state index is 0.174. The molecular weight excluding hydrogens is 266 g/mol. The molecule has 16 heavy (non-hydrogen) atoms. The average Bonchev–Trinajstić information content (AvgIpc) is 2.34. The van der Waals surface area contributed by atoms with Crippen molar-refractivity contribution in [2.24, 2.45) is 0 Å². The second-order valence-electron chi connectivity index (χ2n) is 3.87. The number of benzene rings is 1. The molecule has 0 aromatic heterocycles. The quantitative estimate of drug-likeness (QED) is 0.917. The summed E-state index contributed by atoms with van der Waals surface area (Å²) >= 11 is 3.45. The van der Waals surface area contributed by atoms with Crippen molar-refractivity contribution < 1.29 is 4.74 Å². The maximum absolute atomic E-state index is 5.70. The normalized spacial score (nSPS) is 17.5. The molecule has 1 atom stereocenters. The van der Waals surface area contributed by atoms with Crippen LogP contribution in [0.1, 0.15) is 24.4 Å². The molecule has 3 heteroatoms. The standard InChI is InChI=1S/C13H16BrNO/c1-15-13(12-4-2-3-9-16-12)10-5-7-11(14)8-6-10/h4-8,13,15H,2-3,9H2,1H3. The Morgan fingerprint density at radius 3 is 2.62 bits per heavy atom. The van der Waals surface area contributed by atoms with Crippen molar-refractivity contribution in [1.82, 2.24) is 5.32 Å². The number of likely N-dealkylation sites (N-methyl/N-ethyl adjacent to an activating group) is 1. The monoisotopic (exact) mass is 281 g/mol. The minimum Gasteiger partial charge on any atom is -0.496 e. The largest absolute Gasteiger partial charge is 0.496 e. The van der Waals surface area contributed by atoms with E-state index in [2.05, 4.69) is 51.6 Å². The number of ether oxygens (including phenoxy) is 1. The molecule has 0 aliphatic carbocycles. The molecule has 86 valence electrons. The molecular formula is C13H16BrNO. The first-order valence-electron chi connectivity index (χ1n) is 5.57. The van der Waals surface area contributed by atoms with Crippen LogP contribution in [0.5, 0.6) is 0 Å². The Balaban J connectivity index is 2.21. The lowest BCUT2D eigenvalue weighted by molar-refractivity contribution is 0.169. The lowest BCUT2D eigenvalue weighted by Gasteiger charge is -2.23. The van der Waals surface area contributed by atoms with Gasteiger partial charge in [0.05, 0.1) is 12.6 Å². The lowest BCUT2D eigenvalue weighted by Crippen LogP contribution is -2.21. The Labute approximate surface area is 105 Å². The van der Waals surface area contributed by atoms with E-state index in [4.69, 9.17) is 4.74 Å². The van der Waals surface area contributed by atoms with Gasteiger partial charge in [0.1, 0.15) is 5.76 Å². The fraction of sp³-hybridized carbons (Fsp3) is 0.385. The zero-order valence-electron chi connectivity index (χ0n) is 9.37. The van der Waals surface area contributed by atoms with Crippen molar-refractivity contribution in [3.05, 3.63) is 46.1 Å². The maximum atomic E-state index is 5.70. The third kappa shape index (κ3) is 2.66. The van der Waals surface area contributed by atoms with Crippen LogP contribution in [0, 0.1) is 0 Å². The second kappa shape index (κ2) is 5.51. The van der Waals surface area contributed by atoms with Gasteiger partial charge in [-0.15, -0.1) is 0 Å². The van der Waals surface area contributed by atoms with Gasteiger partial charge in [0, 0.05) is 4.47 Å². The van der Waals surface area contributed by atoms with E-state index in [1.165, 1.54) is 5.56 Å². The summed E-state index contributed by atoms with van der Waals surface area (Å²) in [7, 11) is 1.96. The fourth-order valence-electron chi connectivity index (χ4n) is 1.91. The Morgan fingerprint density at radius 2 is 2.06 bits per heavy atom. The van der Waals surface area contributed by atoms with Gasteiger partial charge < -0.3 is 10.1 Å². The zero-order valence-corrected chi connectivity index (χ0v) is 11.0. The molecule has 0 amide bonds. The number of rotatable bonds is 3. The molecule has 1 unspecified atom stereocenters. The summed E-state index contributed by atoms with van der Waals surface area (Å²) in [5.41, 5.74) is 1.24.